The van der Waals surface area contributed by atoms with Crippen LogP contribution in [-0.4, -0.2) is 15.7 Å². The minimum Gasteiger partial charge on any atom is -0.459 e. The average molecular weight is 435 g/mol. The predicted molar refractivity (Wildman–Crippen MR) is 126 cm³/mol. The number of hydrogen-bond acceptors (Lipinski definition) is 4. The maximum atomic E-state index is 13.2. The molecule has 6 nitrogen and oxygen atoms in total. The summed E-state index contributed by atoms with van der Waals surface area (Å²) in [5.74, 6) is 0.222. The molecule has 2 heterocycles. The maximum Gasteiger partial charge on any atom is 0.272 e. The molecule has 0 bridgehead atoms. The lowest BCUT2D eigenvalue weighted by Crippen LogP contribution is -2.32. The molecule has 0 saturated carbocycles. The van der Waals surface area contributed by atoms with Crippen molar-refractivity contribution in [3.8, 4) is 0 Å². The third-order valence-electron chi connectivity index (χ3n) is 5.41. The van der Waals surface area contributed by atoms with E-state index in [9.17, 15) is 9.59 Å². The van der Waals surface area contributed by atoms with Gasteiger partial charge in [-0.25, -0.2) is 4.68 Å². The number of nitrogens with zero attached hydrogens (tertiary/aromatic N) is 2. The molecule has 0 aliphatic rings. The van der Waals surface area contributed by atoms with Crippen LogP contribution < -0.4 is 10.9 Å². The Hall–Kier alpha value is -4.45. The molecule has 0 fully saturated rings. The topological polar surface area (TPSA) is 77.1 Å². The van der Waals surface area contributed by atoms with Crippen molar-refractivity contribution in [2.45, 2.75) is 12.6 Å². The highest BCUT2D eigenvalue weighted by molar-refractivity contribution is 5.92. The normalized spacial score (nSPS) is 11.9. The fraction of sp³-hybridized carbons (Fsp3) is 0.0741. The van der Waals surface area contributed by atoms with Gasteiger partial charge in [-0.05, 0) is 29.3 Å². The number of fused-ring (bicyclic) bond motifs is 1. The quantitative estimate of drug-likeness (QED) is 0.424. The van der Waals surface area contributed by atoms with Crippen molar-refractivity contribution in [1.29, 1.82) is 0 Å². The van der Waals surface area contributed by atoms with Crippen LogP contribution in [0.4, 0.5) is 0 Å². The van der Waals surface area contributed by atoms with E-state index in [0.29, 0.717) is 5.76 Å². The van der Waals surface area contributed by atoms with Crippen LogP contribution in [0.5, 0.6) is 0 Å². The summed E-state index contributed by atoms with van der Waals surface area (Å²) in [7, 11) is 0. The lowest BCUT2D eigenvalue weighted by Gasteiger charge is -2.17. The number of para-hydroxylation sites is 1. The Labute approximate surface area is 190 Å². The molecule has 33 heavy (non-hydrogen) atoms. The second-order valence-corrected chi connectivity index (χ2v) is 7.70. The fourth-order valence-electron chi connectivity index (χ4n) is 3.75. The highest BCUT2D eigenvalue weighted by atomic mass is 16.3. The number of aromatic nitrogens is 2. The predicted octanol–water partition coefficient (Wildman–Crippen LogP) is 4.56. The van der Waals surface area contributed by atoms with Gasteiger partial charge in [-0.1, -0.05) is 78.9 Å². The third-order valence-corrected chi connectivity index (χ3v) is 5.41. The van der Waals surface area contributed by atoms with Crippen LogP contribution in [0.25, 0.3) is 11.0 Å². The molecule has 0 saturated heterocycles. The highest BCUT2D eigenvalue weighted by Crippen LogP contribution is 2.28. The number of carbonyl (C=O) groups is 1. The largest absolute Gasteiger partial charge is 0.459 e. The summed E-state index contributed by atoms with van der Waals surface area (Å²) in [4.78, 5) is 25.5. The molecular formula is C27H21N3O3. The Morgan fingerprint density at radius 3 is 2.33 bits per heavy atom. The van der Waals surface area contributed by atoms with Crippen LogP contribution >= 0.6 is 0 Å². The van der Waals surface area contributed by atoms with Crippen molar-refractivity contribution in [2.24, 2.45) is 0 Å². The van der Waals surface area contributed by atoms with Gasteiger partial charge in [0.05, 0.1) is 6.54 Å². The number of rotatable bonds is 6. The van der Waals surface area contributed by atoms with E-state index >= 15 is 0 Å². The van der Waals surface area contributed by atoms with Gasteiger partial charge >= 0.3 is 0 Å². The molecule has 1 atom stereocenters. The van der Waals surface area contributed by atoms with E-state index in [1.54, 1.807) is 0 Å². The Kier molecular flexibility index (Phi) is 5.55. The van der Waals surface area contributed by atoms with E-state index in [0.717, 1.165) is 22.1 Å². The van der Waals surface area contributed by atoms with Crippen molar-refractivity contribution in [3.63, 3.8) is 0 Å². The van der Waals surface area contributed by atoms with Crippen LogP contribution in [0.1, 0.15) is 33.4 Å². The zero-order chi connectivity index (χ0) is 22.6. The summed E-state index contributed by atoms with van der Waals surface area (Å²) < 4.78 is 7.35. The number of amides is 1. The molecule has 1 amide bonds. The zero-order valence-electron chi connectivity index (χ0n) is 17.7. The Morgan fingerprint density at radius 1 is 0.879 bits per heavy atom. The molecule has 0 aliphatic carbocycles. The van der Waals surface area contributed by atoms with Gasteiger partial charge in [-0.2, -0.15) is 5.10 Å². The standard InChI is InChI=1S/C27H21N3O3/c31-25-16-15-22(29-30(25)18-19-9-3-1-4-10-19)27(32)28-26(20-11-5-2-6-12-20)24-17-21-13-7-8-14-23(21)33-24/h1-17,26H,18H2,(H,28,32). The van der Waals surface area contributed by atoms with E-state index in [4.69, 9.17) is 4.42 Å². The van der Waals surface area contributed by atoms with Crippen molar-refractivity contribution >= 4 is 16.9 Å². The van der Waals surface area contributed by atoms with E-state index < -0.39 is 11.9 Å². The molecule has 2 aromatic heterocycles. The molecule has 0 radical (unpaired) electrons. The van der Waals surface area contributed by atoms with Gasteiger partial charge in [0.15, 0.2) is 0 Å². The number of carbonyl (C=O) groups excluding carboxylic acids is 1. The molecule has 5 aromatic rings. The van der Waals surface area contributed by atoms with Crippen molar-refractivity contribution in [1.82, 2.24) is 15.1 Å². The summed E-state index contributed by atoms with van der Waals surface area (Å²) in [6.07, 6.45) is 0. The van der Waals surface area contributed by atoms with Crippen LogP contribution in [-0.2, 0) is 6.54 Å². The van der Waals surface area contributed by atoms with Crippen molar-refractivity contribution in [3.05, 3.63) is 136 Å². The minimum absolute atomic E-state index is 0.155. The Balaban J connectivity index is 1.46. The van der Waals surface area contributed by atoms with Crippen molar-refractivity contribution < 1.29 is 9.21 Å². The van der Waals surface area contributed by atoms with E-state index in [1.807, 2.05) is 91.0 Å². The third kappa shape index (κ3) is 4.45. The van der Waals surface area contributed by atoms with Crippen LogP contribution in [0, 0.1) is 0 Å². The Morgan fingerprint density at radius 2 is 1.58 bits per heavy atom. The first kappa shape index (κ1) is 20.5. The molecule has 6 heteroatoms. The van der Waals surface area contributed by atoms with Crippen LogP contribution in [0.2, 0.25) is 0 Å². The number of benzene rings is 3. The van der Waals surface area contributed by atoms with E-state index in [1.165, 1.54) is 16.8 Å². The summed E-state index contributed by atoms with van der Waals surface area (Å²) in [5, 5.41) is 8.29. The Bertz CT molecular complexity index is 1420. The van der Waals surface area contributed by atoms with Gasteiger partial charge in [0.1, 0.15) is 23.1 Å². The number of furan rings is 1. The summed E-state index contributed by atoms with van der Waals surface area (Å²) in [6.45, 7) is 0.284. The summed E-state index contributed by atoms with van der Waals surface area (Å²) in [5.41, 5.74) is 2.43. The molecule has 1 unspecified atom stereocenters. The number of hydrogen-bond donors (Lipinski definition) is 1. The molecular weight excluding hydrogens is 414 g/mol. The van der Waals surface area contributed by atoms with Gasteiger partial charge in [0.2, 0.25) is 0 Å². The van der Waals surface area contributed by atoms with Gasteiger partial charge < -0.3 is 9.73 Å². The second kappa shape index (κ2) is 8.96. The SMILES string of the molecule is O=C(NC(c1ccccc1)c1cc2ccccc2o1)c1ccc(=O)n(Cc2ccccc2)n1. The second-order valence-electron chi connectivity index (χ2n) is 7.70. The van der Waals surface area contributed by atoms with Gasteiger partial charge in [0.25, 0.3) is 11.5 Å². The first-order valence-corrected chi connectivity index (χ1v) is 10.6. The van der Waals surface area contributed by atoms with Gasteiger partial charge in [-0.15, -0.1) is 0 Å². The lowest BCUT2D eigenvalue weighted by molar-refractivity contribution is 0.0931. The van der Waals surface area contributed by atoms with Gasteiger partial charge in [-0.3, -0.25) is 9.59 Å². The average Bonchev–Trinajstić information content (AvgIpc) is 3.29. The molecule has 0 spiro atoms. The fourth-order valence-corrected chi connectivity index (χ4v) is 3.75. The minimum atomic E-state index is -0.512. The maximum absolute atomic E-state index is 13.2. The monoisotopic (exact) mass is 435 g/mol. The molecule has 1 N–H and O–H groups in total. The molecule has 3 aromatic carbocycles. The van der Waals surface area contributed by atoms with Crippen LogP contribution in [0.15, 0.2) is 112 Å². The highest BCUT2D eigenvalue weighted by Gasteiger charge is 2.22. The first-order valence-electron chi connectivity index (χ1n) is 10.6. The lowest BCUT2D eigenvalue weighted by atomic mass is 10.0. The van der Waals surface area contributed by atoms with Crippen LogP contribution in [0.3, 0.4) is 0 Å². The smallest absolute Gasteiger partial charge is 0.272 e. The zero-order valence-corrected chi connectivity index (χ0v) is 17.7. The van der Waals surface area contributed by atoms with E-state index in [2.05, 4.69) is 10.4 Å². The number of nitrogens with one attached hydrogen (secondary N) is 1. The van der Waals surface area contributed by atoms with E-state index in [-0.39, 0.29) is 17.8 Å². The summed E-state index contributed by atoms with van der Waals surface area (Å²) in [6, 6.07) is 31.1. The molecule has 5 rings (SSSR count). The van der Waals surface area contributed by atoms with Gasteiger partial charge in [0, 0.05) is 11.5 Å². The summed E-state index contributed by atoms with van der Waals surface area (Å²) >= 11 is 0. The molecule has 162 valence electrons. The van der Waals surface area contributed by atoms with Crippen molar-refractivity contribution in [2.75, 3.05) is 0 Å². The molecule has 0 aliphatic heterocycles. The first-order chi connectivity index (χ1) is 16.2.